The first-order valence-electron chi connectivity index (χ1n) is 13.2. The summed E-state index contributed by atoms with van der Waals surface area (Å²) < 4.78 is 0. The lowest BCUT2D eigenvalue weighted by Gasteiger charge is -2.32. The molecule has 0 saturated carbocycles. The quantitative estimate of drug-likeness (QED) is 0.346. The van der Waals surface area contributed by atoms with Crippen molar-refractivity contribution in [2.75, 3.05) is 13.1 Å². The second-order valence-corrected chi connectivity index (χ2v) is 10.3. The number of benzene rings is 2. The molecule has 0 unspecified atom stereocenters. The predicted octanol–water partition coefficient (Wildman–Crippen LogP) is 4.15. The largest absolute Gasteiger partial charge is 0.354 e. The van der Waals surface area contributed by atoms with E-state index in [1.807, 2.05) is 55.5 Å². The van der Waals surface area contributed by atoms with Crippen LogP contribution in [0.2, 0.25) is 5.02 Å². The van der Waals surface area contributed by atoms with E-state index in [0.29, 0.717) is 30.8 Å². The summed E-state index contributed by atoms with van der Waals surface area (Å²) in [6, 6.07) is 16.0. The summed E-state index contributed by atoms with van der Waals surface area (Å²) in [6.07, 6.45) is 6.03. The number of halogens is 1. The number of allylic oxidation sites excluding steroid dienone is 2. The van der Waals surface area contributed by atoms with E-state index in [0.717, 1.165) is 17.5 Å². The summed E-state index contributed by atoms with van der Waals surface area (Å²) in [5, 5.41) is 3.48. The molecule has 4 rings (SSSR count). The molecule has 2 aromatic carbocycles. The van der Waals surface area contributed by atoms with Crippen LogP contribution >= 0.6 is 11.6 Å². The molecule has 1 heterocycles. The lowest BCUT2D eigenvalue weighted by molar-refractivity contribution is -0.144. The van der Waals surface area contributed by atoms with Gasteiger partial charge in [0.1, 0.15) is 6.04 Å². The van der Waals surface area contributed by atoms with Gasteiger partial charge in [-0.3, -0.25) is 24.1 Å². The van der Waals surface area contributed by atoms with E-state index in [2.05, 4.69) is 5.32 Å². The molecule has 0 radical (unpaired) electrons. The zero-order valence-corrected chi connectivity index (χ0v) is 22.4. The van der Waals surface area contributed by atoms with Crippen molar-refractivity contribution in [2.45, 2.75) is 51.6 Å². The third kappa shape index (κ3) is 6.51. The average Bonchev–Trinajstić information content (AvgIpc) is 3.17. The van der Waals surface area contributed by atoms with Gasteiger partial charge in [-0.25, -0.2) is 0 Å². The number of nitrogens with zero attached hydrogens (tertiary/aromatic N) is 2. The maximum Gasteiger partial charge on any atom is 0.243 e. The molecule has 8 heteroatoms. The number of carbonyl (C=O) groups is 4. The zero-order chi connectivity index (χ0) is 27.1. The van der Waals surface area contributed by atoms with E-state index in [9.17, 15) is 19.2 Å². The first-order chi connectivity index (χ1) is 18.4. The van der Waals surface area contributed by atoms with Crippen molar-refractivity contribution < 1.29 is 19.2 Å². The van der Waals surface area contributed by atoms with Crippen LogP contribution in [0.5, 0.6) is 0 Å². The van der Waals surface area contributed by atoms with Gasteiger partial charge >= 0.3 is 0 Å². The second-order valence-electron chi connectivity index (χ2n) is 9.88. The van der Waals surface area contributed by atoms with Crippen molar-refractivity contribution in [1.29, 1.82) is 0 Å². The number of likely N-dealkylation sites (tertiary alicyclic amines) is 1. The predicted molar refractivity (Wildman–Crippen MR) is 146 cm³/mol. The molecular weight excluding hydrogens is 502 g/mol. The van der Waals surface area contributed by atoms with Crippen molar-refractivity contribution >= 4 is 35.2 Å². The molecule has 1 aliphatic heterocycles. The van der Waals surface area contributed by atoms with E-state index in [1.165, 1.54) is 4.90 Å². The van der Waals surface area contributed by atoms with Crippen LogP contribution < -0.4 is 5.32 Å². The SMILES string of the molecule is CCCNC(=O)[C@@H](Cc1ccccc1)N(Cc1cccc(Cl)c1)C(=O)CCN1C(=O)[C@H]2CC=CC[C@H]2C1=O. The highest BCUT2D eigenvalue weighted by Crippen LogP contribution is 2.35. The summed E-state index contributed by atoms with van der Waals surface area (Å²) in [5.74, 6) is -1.63. The van der Waals surface area contributed by atoms with Gasteiger partial charge in [0.25, 0.3) is 0 Å². The van der Waals surface area contributed by atoms with Crippen LogP contribution in [0.15, 0.2) is 66.7 Å². The molecule has 1 N–H and O–H groups in total. The number of rotatable bonds is 11. The number of hydrogen-bond donors (Lipinski definition) is 1. The summed E-state index contributed by atoms with van der Waals surface area (Å²) in [6.45, 7) is 2.65. The number of nitrogens with one attached hydrogen (secondary N) is 1. The van der Waals surface area contributed by atoms with E-state index >= 15 is 0 Å². The minimum Gasteiger partial charge on any atom is -0.354 e. The highest BCUT2D eigenvalue weighted by atomic mass is 35.5. The number of hydrogen-bond acceptors (Lipinski definition) is 4. The van der Waals surface area contributed by atoms with Crippen LogP contribution in [-0.4, -0.2) is 52.6 Å². The highest BCUT2D eigenvalue weighted by Gasteiger charge is 2.47. The van der Waals surface area contributed by atoms with E-state index < -0.39 is 6.04 Å². The van der Waals surface area contributed by atoms with Gasteiger partial charge in [0.2, 0.25) is 23.6 Å². The molecule has 1 saturated heterocycles. The van der Waals surface area contributed by atoms with E-state index in [1.54, 1.807) is 23.1 Å². The van der Waals surface area contributed by atoms with Crippen LogP contribution in [-0.2, 0) is 32.1 Å². The Morgan fingerprint density at radius 1 is 1.00 bits per heavy atom. The van der Waals surface area contributed by atoms with Gasteiger partial charge in [-0.1, -0.05) is 73.1 Å². The summed E-state index contributed by atoms with van der Waals surface area (Å²) in [7, 11) is 0. The Kier molecular flexibility index (Phi) is 9.34. The lowest BCUT2D eigenvalue weighted by atomic mass is 9.85. The van der Waals surface area contributed by atoms with Gasteiger partial charge in [0, 0.05) is 37.5 Å². The third-order valence-corrected chi connectivity index (χ3v) is 7.45. The molecular formula is C30H34ClN3O4. The maximum absolute atomic E-state index is 13.8. The van der Waals surface area contributed by atoms with Crippen LogP contribution in [0.1, 0.15) is 43.7 Å². The minimum atomic E-state index is -0.771. The smallest absolute Gasteiger partial charge is 0.243 e. The molecule has 4 amide bonds. The van der Waals surface area contributed by atoms with Crippen LogP contribution in [0.3, 0.4) is 0 Å². The van der Waals surface area contributed by atoms with Crippen molar-refractivity contribution in [2.24, 2.45) is 11.8 Å². The Bertz CT molecular complexity index is 1170. The van der Waals surface area contributed by atoms with E-state index in [4.69, 9.17) is 11.6 Å². The number of carbonyl (C=O) groups excluding carboxylic acids is 4. The highest BCUT2D eigenvalue weighted by molar-refractivity contribution is 6.30. The van der Waals surface area contributed by atoms with Gasteiger partial charge in [0.05, 0.1) is 11.8 Å². The first-order valence-corrected chi connectivity index (χ1v) is 13.6. The van der Waals surface area contributed by atoms with Crippen LogP contribution in [0, 0.1) is 11.8 Å². The zero-order valence-electron chi connectivity index (χ0n) is 21.6. The summed E-state index contributed by atoms with van der Waals surface area (Å²) >= 11 is 6.22. The Labute approximate surface area is 228 Å². The lowest BCUT2D eigenvalue weighted by Crippen LogP contribution is -2.51. The topological polar surface area (TPSA) is 86.8 Å². The Morgan fingerprint density at radius 2 is 1.66 bits per heavy atom. The van der Waals surface area contributed by atoms with Crippen molar-refractivity contribution in [1.82, 2.24) is 15.1 Å². The summed E-state index contributed by atoms with van der Waals surface area (Å²) in [4.78, 5) is 55.8. The van der Waals surface area contributed by atoms with Crippen LogP contribution in [0.4, 0.5) is 0 Å². The van der Waals surface area contributed by atoms with Gasteiger partial charge < -0.3 is 10.2 Å². The van der Waals surface area contributed by atoms with Gasteiger partial charge in [-0.15, -0.1) is 0 Å². The monoisotopic (exact) mass is 535 g/mol. The fourth-order valence-electron chi connectivity index (χ4n) is 5.19. The van der Waals surface area contributed by atoms with Crippen molar-refractivity contribution in [3.63, 3.8) is 0 Å². The normalized spacial score (nSPS) is 19.3. The molecule has 0 bridgehead atoms. The molecule has 1 fully saturated rings. The first kappa shape index (κ1) is 27.6. The van der Waals surface area contributed by atoms with Crippen molar-refractivity contribution in [3.05, 3.63) is 82.9 Å². The van der Waals surface area contributed by atoms with Gasteiger partial charge in [0.15, 0.2) is 0 Å². The third-order valence-electron chi connectivity index (χ3n) is 7.21. The Balaban J connectivity index is 1.57. The van der Waals surface area contributed by atoms with Gasteiger partial charge in [-0.2, -0.15) is 0 Å². The maximum atomic E-state index is 13.8. The molecule has 200 valence electrons. The standard InChI is InChI=1S/C30H34ClN3O4/c1-2-16-32-28(36)26(19-21-9-4-3-5-10-21)34(20-22-11-8-12-23(31)18-22)27(35)15-17-33-29(37)24-13-6-7-14-25(24)30(33)38/h3-12,18,24-26H,2,13-17,19-20H2,1H3,(H,32,36)/t24-,25+,26-/m1/s1. The molecule has 1 aliphatic carbocycles. The number of fused-ring (bicyclic) bond motifs is 1. The minimum absolute atomic E-state index is 0.00415. The molecule has 2 aromatic rings. The molecule has 2 aliphatic rings. The molecule has 0 spiro atoms. The van der Waals surface area contributed by atoms with Crippen LogP contribution in [0.25, 0.3) is 0 Å². The molecule has 3 atom stereocenters. The van der Waals surface area contributed by atoms with Gasteiger partial charge in [-0.05, 0) is 42.5 Å². The van der Waals surface area contributed by atoms with E-state index in [-0.39, 0.29) is 55.0 Å². The average molecular weight is 536 g/mol. The number of amides is 4. The fraction of sp³-hybridized carbons (Fsp3) is 0.400. The second kappa shape index (κ2) is 12.9. The summed E-state index contributed by atoms with van der Waals surface area (Å²) in [5.41, 5.74) is 1.71. The Hall–Kier alpha value is -3.45. The van der Waals surface area contributed by atoms with Crippen molar-refractivity contribution in [3.8, 4) is 0 Å². The number of imide groups is 1. The Morgan fingerprint density at radius 3 is 2.29 bits per heavy atom. The molecule has 7 nitrogen and oxygen atoms in total. The fourth-order valence-corrected chi connectivity index (χ4v) is 5.41. The molecule has 38 heavy (non-hydrogen) atoms. The molecule has 0 aromatic heterocycles.